The first-order valence-corrected chi connectivity index (χ1v) is 14.6. The van der Waals surface area contributed by atoms with Crippen LogP contribution in [0, 0.1) is 0 Å². The summed E-state index contributed by atoms with van der Waals surface area (Å²) in [5.41, 5.74) is 1.05. The molecule has 8 nitrogen and oxygen atoms in total. The van der Waals surface area contributed by atoms with Crippen molar-refractivity contribution in [1.29, 1.82) is 0 Å². The molecule has 0 aliphatic carbocycles. The zero-order valence-corrected chi connectivity index (χ0v) is 20.8. The number of hydrogen-bond donors (Lipinski definition) is 1. The number of hydrogen-bond acceptors (Lipinski definition) is 6. The molecular weight excluding hydrogens is 474 g/mol. The largest absolute Gasteiger partial charge is 0.378 e. The van der Waals surface area contributed by atoms with Crippen LogP contribution >= 0.6 is 0 Å². The average molecular weight is 506 g/mol. The molecule has 34 heavy (non-hydrogen) atoms. The predicted octanol–water partition coefficient (Wildman–Crippen LogP) is 3.33. The van der Waals surface area contributed by atoms with Gasteiger partial charge in [0.25, 0.3) is 0 Å². The Morgan fingerprint density at radius 1 is 0.647 bits per heavy atom. The molecular formula is C24H31N3O5S2. The molecule has 4 rings (SSSR count). The first-order valence-electron chi connectivity index (χ1n) is 11.8. The van der Waals surface area contributed by atoms with Gasteiger partial charge in [-0.3, -0.25) is 4.79 Å². The van der Waals surface area contributed by atoms with Crippen LogP contribution in [0.4, 0.5) is 5.69 Å². The third kappa shape index (κ3) is 5.51. The molecule has 2 aliphatic heterocycles. The number of ketones is 1. The van der Waals surface area contributed by atoms with Gasteiger partial charge in [-0.15, -0.1) is 0 Å². The molecule has 2 aromatic rings. The molecule has 0 atom stereocenters. The quantitative estimate of drug-likeness (QED) is 0.552. The number of sulfonamides is 2. The summed E-state index contributed by atoms with van der Waals surface area (Å²) in [5, 5.41) is 3.01. The van der Waals surface area contributed by atoms with Gasteiger partial charge in [-0.05, 0) is 74.2 Å². The second-order valence-corrected chi connectivity index (χ2v) is 12.6. The number of anilines is 1. The Bertz CT molecular complexity index is 1200. The van der Waals surface area contributed by atoms with Crippen molar-refractivity contribution in [1.82, 2.24) is 8.61 Å². The highest BCUT2D eigenvalue weighted by molar-refractivity contribution is 7.89. The summed E-state index contributed by atoms with van der Waals surface area (Å²) in [6.07, 6.45) is 5.60. The standard InChI is InChI=1S/C24H31N3O5S2/c28-24(20-7-11-22(12-8-20)33(29,30)26-15-3-1-4-16-26)19-25-21-9-13-23(14-10-21)34(31,32)27-17-5-2-6-18-27/h7-14,25H,1-6,15-19H2. The number of Topliss-reactive ketones (excluding diaryl/α,β-unsaturated/α-hetero) is 1. The highest BCUT2D eigenvalue weighted by Crippen LogP contribution is 2.23. The van der Waals surface area contributed by atoms with Crippen molar-refractivity contribution < 1.29 is 21.6 Å². The van der Waals surface area contributed by atoms with Gasteiger partial charge >= 0.3 is 0 Å². The van der Waals surface area contributed by atoms with Crippen molar-refractivity contribution in [2.45, 2.75) is 48.3 Å². The smallest absolute Gasteiger partial charge is 0.243 e. The van der Waals surface area contributed by atoms with Crippen LogP contribution in [0.15, 0.2) is 58.3 Å². The van der Waals surface area contributed by atoms with E-state index < -0.39 is 20.0 Å². The van der Waals surface area contributed by atoms with E-state index in [-0.39, 0.29) is 22.1 Å². The fraction of sp³-hybridized carbons (Fsp3) is 0.458. The van der Waals surface area contributed by atoms with Crippen LogP contribution in [0.3, 0.4) is 0 Å². The number of rotatable bonds is 8. The maximum Gasteiger partial charge on any atom is 0.243 e. The number of piperidine rings is 2. The number of carbonyl (C=O) groups is 1. The van der Waals surface area contributed by atoms with Crippen molar-refractivity contribution in [3.8, 4) is 0 Å². The van der Waals surface area contributed by atoms with Crippen molar-refractivity contribution in [3.05, 3.63) is 54.1 Å². The van der Waals surface area contributed by atoms with E-state index in [1.54, 1.807) is 24.3 Å². The van der Waals surface area contributed by atoms with Gasteiger partial charge in [-0.2, -0.15) is 8.61 Å². The second-order valence-electron chi connectivity index (χ2n) is 8.75. The minimum Gasteiger partial charge on any atom is -0.378 e. The van der Waals surface area contributed by atoms with Gasteiger partial charge in [0.2, 0.25) is 20.0 Å². The number of benzene rings is 2. The van der Waals surface area contributed by atoms with Crippen molar-refractivity contribution in [3.63, 3.8) is 0 Å². The number of nitrogens with zero attached hydrogens (tertiary/aromatic N) is 2. The van der Waals surface area contributed by atoms with Gasteiger partial charge in [-0.25, -0.2) is 16.8 Å². The molecule has 0 saturated carbocycles. The van der Waals surface area contributed by atoms with E-state index in [2.05, 4.69) is 5.32 Å². The summed E-state index contributed by atoms with van der Waals surface area (Å²) in [7, 11) is -7.02. The molecule has 0 bridgehead atoms. The third-order valence-corrected chi connectivity index (χ3v) is 10.2. The van der Waals surface area contributed by atoms with E-state index in [0.29, 0.717) is 37.4 Å². The summed E-state index contributed by atoms with van der Waals surface area (Å²) in [6.45, 7) is 2.18. The Hall–Kier alpha value is -2.27. The summed E-state index contributed by atoms with van der Waals surface area (Å²) in [5.74, 6) is -0.188. The fourth-order valence-corrected chi connectivity index (χ4v) is 7.38. The van der Waals surface area contributed by atoms with E-state index in [0.717, 1.165) is 38.5 Å². The Balaban J connectivity index is 1.35. The Labute approximate surface area is 202 Å². The Morgan fingerprint density at radius 2 is 1.06 bits per heavy atom. The highest BCUT2D eigenvalue weighted by Gasteiger charge is 2.27. The maximum atomic E-state index is 12.8. The van der Waals surface area contributed by atoms with Gasteiger partial charge in [0.05, 0.1) is 16.3 Å². The molecule has 10 heteroatoms. The van der Waals surface area contributed by atoms with Gasteiger partial charge in [-0.1, -0.05) is 12.8 Å². The lowest BCUT2D eigenvalue weighted by Crippen LogP contribution is -2.35. The lowest BCUT2D eigenvalue weighted by molar-refractivity contribution is 0.101. The zero-order chi connectivity index (χ0) is 24.2. The fourth-order valence-electron chi connectivity index (χ4n) is 4.35. The van der Waals surface area contributed by atoms with Crippen LogP contribution < -0.4 is 5.32 Å². The van der Waals surface area contributed by atoms with Crippen molar-refractivity contribution in [2.75, 3.05) is 38.0 Å². The minimum absolute atomic E-state index is 0.0104. The molecule has 0 unspecified atom stereocenters. The molecule has 2 fully saturated rings. The summed E-state index contributed by atoms with van der Waals surface area (Å²) >= 11 is 0. The van der Waals surface area contributed by atoms with Crippen molar-refractivity contribution in [2.24, 2.45) is 0 Å². The first-order chi connectivity index (χ1) is 16.3. The molecule has 0 radical (unpaired) electrons. The molecule has 2 aromatic carbocycles. The summed E-state index contributed by atoms with van der Waals surface area (Å²) < 4.78 is 54.1. The summed E-state index contributed by atoms with van der Waals surface area (Å²) in [6, 6.07) is 12.4. The van der Waals surface area contributed by atoms with Crippen LogP contribution in [0.5, 0.6) is 0 Å². The van der Waals surface area contributed by atoms with E-state index in [1.807, 2.05) is 0 Å². The van der Waals surface area contributed by atoms with Crippen LogP contribution in [0.25, 0.3) is 0 Å². The second kappa shape index (κ2) is 10.6. The minimum atomic E-state index is -3.53. The Kier molecular flexibility index (Phi) is 7.71. The topological polar surface area (TPSA) is 104 Å². The van der Waals surface area contributed by atoms with Crippen LogP contribution in [0.1, 0.15) is 48.9 Å². The van der Waals surface area contributed by atoms with E-state index >= 15 is 0 Å². The van der Waals surface area contributed by atoms with E-state index in [4.69, 9.17) is 0 Å². The first kappa shape index (κ1) is 24.8. The maximum absolute atomic E-state index is 12.8. The molecule has 1 N–H and O–H groups in total. The van der Waals surface area contributed by atoms with Crippen LogP contribution in [0.2, 0.25) is 0 Å². The molecule has 184 valence electrons. The highest BCUT2D eigenvalue weighted by atomic mass is 32.2. The van der Waals surface area contributed by atoms with Gasteiger partial charge in [0.1, 0.15) is 0 Å². The SMILES string of the molecule is O=C(CNc1ccc(S(=O)(=O)N2CCCCC2)cc1)c1ccc(S(=O)(=O)N2CCCCC2)cc1. The van der Waals surface area contributed by atoms with Gasteiger partial charge in [0.15, 0.2) is 5.78 Å². The predicted molar refractivity (Wildman–Crippen MR) is 131 cm³/mol. The van der Waals surface area contributed by atoms with Gasteiger partial charge < -0.3 is 5.32 Å². The monoisotopic (exact) mass is 505 g/mol. The molecule has 0 amide bonds. The van der Waals surface area contributed by atoms with Gasteiger partial charge in [0, 0.05) is 37.4 Å². The average Bonchev–Trinajstić information content (AvgIpc) is 2.88. The van der Waals surface area contributed by atoms with Crippen LogP contribution in [-0.2, 0) is 20.0 Å². The molecule has 0 aromatic heterocycles. The third-order valence-electron chi connectivity index (χ3n) is 6.39. The van der Waals surface area contributed by atoms with Crippen molar-refractivity contribution >= 4 is 31.5 Å². The molecule has 2 aliphatic rings. The van der Waals surface area contributed by atoms with E-state index in [9.17, 15) is 21.6 Å². The van der Waals surface area contributed by atoms with E-state index in [1.165, 1.54) is 32.9 Å². The number of nitrogens with one attached hydrogen (secondary N) is 1. The lowest BCUT2D eigenvalue weighted by atomic mass is 10.1. The Morgan fingerprint density at radius 3 is 1.50 bits per heavy atom. The number of carbonyl (C=O) groups excluding carboxylic acids is 1. The lowest BCUT2D eigenvalue weighted by Gasteiger charge is -2.26. The zero-order valence-electron chi connectivity index (χ0n) is 19.1. The van der Waals surface area contributed by atoms with Crippen LogP contribution in [-0.4, -0.2) is 64.0 Å². The molecule has 2 saturated heterocycles. The summed E-state index contributed by atoms with van der Waals surface area (Å²) in [4.78, 5) is 13.0. The molecule has 2 heterocycles. The molecule has 0 spiro atoms. The normalized spacial score (nSPS) is 18.5.